The van der Waals surface area contributed by atoms with Crippen molar-refractivity contribution in [2.24, 2.45) is 4.58 Å². The number of rotatable bonds is 8. The van der Waals surface area contributed by atoms with Gasteiger partial charge in [-0.25, -0.2) is 0 Å². The molecule has 0 bridgehead atoms. The Hall–Kier alpha value is -1.31. The lowest BCUT2D eigenvalue weighted by Gasteiger charge is -2.40. The van der Waals surface area contributed by atoms with Gasteiger partial charge in [-0.15, -0.1) is 4.91 Å². The molecule has 0 spiro atoms. The SMILES string of the molecule is COC1OC(CNC(=O)C(NC(C)=O)C(C)(C)SN=O)C(O)C(O)C1O. The fraction of sp³-hybridized carbons (Fsp3) is 0.857. The first kappa shape index (κ1) is 22.7. The zero-order valence-electron chi connectivity index (χ0n) is 14.9. The predicted octanol–water partition coefficient (Wildman–Crippen LogP) is -1.75. The Labute approximate surface area is 154 Å². The molecule has 150 valence electrons. The Morgan fingerprint density at radius 3 is 2.38 bits per heavy atom. The molecule has 0 radical (unpaired) electrons. The largest absolute Gasteiger partial charge is 0.388 e. The Kier molecular flexibility index (Phi) is 8.37. The molecule has 1 rings (SSSR count). The minimum atomic E-state index is -1.52. The molecule has 1 aliphatic heterocycles. The van der Waals surface area contributed by atoms with Crippen LogP contribution in [0.15, 0.2) is 4.58 Å². The van der Waals surface area contributed by atoms with Gasteiger partial charge < -0.3 is 35.4 Å². The number of nitroso groups, excluding NO2 is 1. The quantitative estimate of drug-likeness (QED) is 0.237. The molecule has 6 atom stereocenters. The number of aliphatic hydroxyl groups is 3. The van der Waals surface area contributed by atoms with Gasteiger partial charge in [-0.1, -0.05) is 0 Å². The van der Waals surface area contributed by atoms with Crippen LogP contribution in [0, 0.1) is 4.91 Å². The van der Waals surface area contributed by atoms with E-state index in [1.54, 1.807) is 13.8 Å². The summed E-state index contributed by atoms with van der Waals surface area (Å²) >= 11 is 0.599. The van der Waals surface area contributed by atoms with E-state index in [1.165, 1.54) is 14.0 Å². The van der Waals surface area contributed by atoms with Crippen LogP contribution in [0.1, 0.15) is 20.8 Å². The van der Waals surface area contributed by atoms with E-state index in [0.717, 1.165) is 0 Å². The second-order valence-corrected chi connectivity index (χ2v) is 7.78. The van der Waals surface area contributed by atoms with Gasteiger partial charge in [-0.05, 0) is 13.8 Å². The van der Waals surface area contributed by atoms with Crippen molar-refractivity contribution in [2.45, 2.75) is 62.3 Å². The molecule has 0 aliphatic carbocycles. The van der Waals surface area contributed by atoms with Gasteiger partial charge in [-0.3, -0.25) is 9.59 Å². The normalized spacial score (nSPS) is 30.3. The maximum Gasteiger partial charge on any atom is 0.244 e. The maximum atomic E-state index is 12.5. The van der Waals surface area contributed by atoms with Crippen LogP contribution >= 0.6 is 11.9 Å². The van der Waals surface area contributed by atoms with Crippen molar-refractivity contribution >= 4 is 23.8 Å². The van der Waals surface area contributed by atoms with Gasteiger partial charge >= 0.3 is 0 Å². The number of nitrogens with one attached hydrogen (secondary N) is 2. The van der Waals surface area contributed by atoms with Crippen molar-refractivity contribution in [3.05, 3.63) is 4.91 Å². The van der Waals surface area contributed by atoms with Gasteiger partial charge in [0.05, 0.1) is 4.75 Å². The summed E-state index contributed by atoms with van der Waals surface area (Å²) in [6, 6.07) is -1.09. The van der Waals surface area contributed by atoms with E-state index in [1.807, 2.05) is 0 Å². The Balaban J connectivity index is 2.80. The Bertz CT molecular complexity index is 518. The zero-order chi connectivity index (χ0) is 20.1. The number of nitrogens with zero attached hydrogens (tertiary/aromatic N) is 1. The van der Waals surface area contributed by atoms with Gasteiger partial charge in [-0.2, -0.15) is 0 Å². The predicted molar refractivity (Wildman–Crippen MR) is 91.8 cm³/mol. The molecule has 1 fully saturated rings. The van der Waals surface area contributed by atoms with Crippen molar-refractivity contribution in [1.29, 1.82) is 0 Å². The third kappa shape index (κ3) is 5.59. The zero-order valence-corrected chi connectivity index (χ0v) is 15.7. The topological polar surface area (TPSA) is 167 Å². The Morgan fingerprint density at radius 1 is 1.27 bits per heavy atom. The average molecular weight is 395 g/mol. The fourth-order valence-corrected chi connectivity index (χ4v) is 2.95. The lowest BCUT2D eigenvalue weighted by Crippen LogP contribution is -2.62. The number of hydrogen-bond acceptors (Lipinski definition) is 10. The van der Waals surface area contributed by atoms with Gasteiger partial charge in [0.15, 0.2) is 6.29 Å². The lowest BCUT2D eigenvalue weighted by molar-refractivity contribution is -0.288. The maximum absolute atomic E-state index is 12.5. The van der Waals surface area contributed by atoms with Gasteiger partial charge in [0.2, 0.25) is 11.8 Å². The van der Waals surface area contributed by atoms with Crippen molar-refractivity contribution in [3.8, 4) is 0 Å². The third-order valence-corrected chi connectivity index (χ3v) is 4.74. The molecule has 2 amide bonds. The highest BCUT2D eigenvalue weighted by atomic mass is 32.2. The summed E-state index contributed by atoms with van der Waals surface area (Å²) in [5.41, 5.74) is 0. The van der Waals surface area contributed by atoms with Crippen LogP contribution in [0.3, 0.4) is 0 Å². The number of hydrogen-bond donors (Lipinski definition) is 5. The molecule has 0 aromatic carbocycles. The molecule has 1 aliphatic rings. The summed E-state index contributed by atoms with van der Waals surface area (Å²) in [5.74, 6) is -1.11. The third-order valence-electron chi connectivity index (χ3n) is 3.96. The summed E-state index contributed by atoms with van der Waals surface area (Å²) in [4.78, 5) is 34.4. The first-order valence-corrected chi connectivity index (χ1v) is 8.60. The van der Waals surface area contributed by atoms with Crippen LogP contribution < -0.4 is 10.6 Å². The molecular weight excluding hydrogens is 370 g/mol. The van der Waals surface area contributed by atoms with E-state index in [4.69, 9.17) is 9.47 Å². The number of amides is 2. The van der Waals surface area contributed by atoms with Crippen LogP contribution in [0.4, 0.5) is 0 Å². The first-order valence-electron chi connectivity index (χ1n) is 7.83. The average Bonchev–Trinajstić information content (AvgIpc) is 2.56. The summed E-state index contributed by atoms with van der Waals surface area (Å²) in [6.45, 7) is 4.12. The van der Waals surface area contributed by atoms with E-state index < -0.39 is 53.3 Å². The molecule has 1 heterocycles. The van der Waals surface area contributed by atoms with E-state index in [-0.39, 0.29) is 6.54 Å². The molecular formula is C14H25N3O8S. The molecule has 5 N–H and O–H groups in total. The van der Waals surface area contributed by atoms with Crippen molar-refractivity contribution in [1.82, 2.24) is 10.6 Å². The molecule has 6 unspecified atom stereocenters. The van der Waals surface area contributed by atoms with Crippen LogP contribution in [0.5, 0.6) is 0 Å². The number of carbonyl (C=O) groups excluding carboxylic acids is 2. The number of ether oxygens (including phenoxy) is 2. The Morgan fingerprint density at radius 2 is 1.88 bits per heavy atom. The fourth-order valence-electron chi connectivity index (χ4n) is 2.49. The minimum absolute atomic E-state index is 0.227. The van der Waals surface area contributed by atoms with E-state index >= 15 is 0 Å². The van der Waals surface area contributed by atoms with Crippen LogP contribution in [0.2, 0.25) is 0 Å². The molecule has 12 heteroatoms. The van der Waals surface area contributed by atoms with E-state index in [9.17, 15) is 29.8 Å². The van der Waals surface area contributed by atoms with Gasteiger partial charge in [0.25, 0.3) is 0 Å². The highest BCUT2D eigenvalue weighted by molar-refractivity contribution is 7.99. The van der Waals surface area contributed by atoms with Gasteiger partial charge in [0.1, 0.15) is 30.5 Å². The van der Waals surface area contributed by atoms with Crippen LogP contribution in [-0.4, -0.2) is 82.3 Å². The van der Waals surface area contributed by atoms with E-state index in [2.05, 4.69) is 15.2 Å². The standard InChI is InChI=1S/C14H25N3O8S/c1-6(18)16-11(14(2,3)26-17-23)12(22)15-5-7-8(19)9(20)10(21)13(24-4)25-7/h7-11,13,19-21H,5H2,1-4H3,(H,15,22)(H,16,18). The highest BCUT2D eigenvalue weighted by Crippen LogP contribution is 2.29. The van der Waals surface area contributed by atoms with Crippen LogP contribution in [0.25, 0.3) is 0 Å². The summed E-state index contributed by atoms with van der Waals surface area (Å²) < 4.78 is 11.9. The van der Waals surface area contributed by atoms with Crippen molar-refractivity contribution in [3.63, 3.8) is 0 Å². The molecule has 26 heavy (non-hydrogen) atoms. The molecule has 0 saturated carbocycles. The van der Waals surface area contributed by atoms with Crippen LogP contribution in [-0.2, 0) is 19.1 Å². The monoisotopic (exact) mass is 395 g/mol. The number of aliphatic hydroxyl groups excluding tert-OH is 3. The second-order valence-electron chi connectivity index (χ2n) is 6.40. The number of methoxy groups -OCH3 is 1. The smallest absolute Gasteiger partial charge is 0.244 e. The highest BCUT2D eigenvalue weighted by Gasteiger charge is 2.44. The molecule has 11 nitrogen and oxygen atoms in total. The second kappa shape index (κ2) is 9.58. The molecule has 1 saturated heterocycles. The summed E-state index contributed by atoms with van der Waals surface area (Å²) in [7, 11) is 1.26. The molecule has 0 aromatic heterocycles. The summed E-state index contributed by atoms with van der Waals surface area (Å²) in [5, 5.41) is 34.5. The summed E-state index contributed by atoms with van der Waals surface area (Å²) in [6.07, 6.45) is -6.65. The van der Waals surface area contributed by atoms with Gasteiger partial charge in [0, 0.05) is 37.1 Å². The number of carbonyl (C=O) groups is 2. The van der Waals surface area contributed by atoms with Crippen molar-refractivity contribution in [2.75, 3.05) is 13.7 Å². The lowest BCUT2D eigenvalue weighted by atomic mass is 9.98. The van der Waals surface area contributed by atoms with Crippen molar-refractivity contribution < 1.29 is 34.4 Å². The van der Waals surface area contributed by atoms with E-state index in [0.29, 0.717) is 11.9 Å². The first-order chi connectivity index (χ1) is 12.0. The minimum Gasteiger partial charge on any atom is -0.388 e. The molecule has 0 aromatic rings.